The molecule has 0 spiro atoms. The molecule has 0 saturated carbocycles. The second kappa shape index (κ2) is 200. The van der Waals surface area contributed by atoms with Crippen molar-refractivity contribution in [3.8, 4) is 11.5 Å². The van der Waals surface area contributed by atoms with Gasteiger partial charge in [0.15, 0.2) is 0 Å². The van der Waals surface area contributed by atoms with Crippen LogP contribution in [0.1, 0.15) is 231 Å². The van der Waals surface area contributed by atoms with Crippen molar-refractivity contribution in [3.63, 3.8) is 0 Å². The van der Waals surface area contributed by atoms with Crippen molar-refractivity contribution in [3.05, 3.63) is 128 Å². The van der Waals surface area contributed by atoms with Crippen molar-refractivity contribution >= 4 is 0 Å². The first-order chi connectivity index (χ1) is 34.3. The maximum absolute atomic E-state index is 8.63. The second-order valence-corrected chi connectivity index (χ2v) is 15.5. The Labute approximate surface area is 576 Å². The Bertz CT molecular complexity index is 727. The van der Waals surface area contributed by atoms with E-state index in [0.29, 0.717) is 11.5 Å². The summed E-state index contributed by atoms with van der Waals surface area (Å²) in [5, 5.41) is 80.2. The van der Waals surface area contributed by atoms with Crippen LogP contribution in [0.5, 0.6) is 11.5 Å². The van der Waals surface area contributed by atoms with Gasteiger partial charge in [0.05, 0.1) is 23.4 Å². The number of benzene rings is 2. The third-order valence-corrected chi connectivity index (χ3v) is 2.69. The molecule has 2 atom stereocenters. The molecule has 0 aromatic heterocycles. The van der Waals surface area contributed by atoms with Crippen LogP contribution >= 0.6 is 0 Å². The molecule has 0 aliphatic heterocycles. The van der Waals surface area contributed by atoms with E-state index in [9.17, 15) is 0 Å². The van der Waals surface area contributed by atoms with Crippen LogP contribution in [0, 0.1) is 67.2 Å². The van der Waals surface area contributed by atoms with Gasteiger partial charge in [0.25, 0.3) is 0 Å². The number of rotatable bonds is 2. The molecule has 10 nitrogen and oxygen atoms in total. The monoisotopic (exact) mass is 1310 g/mol. The summed E-state index contributed by atoms with van der Waals surface area (Å²) >= 11 is 0. The fraction of sp³-hybridized carbons (Fsp3) is 0.656. The Hall–Kier alpha value is 1.29. The molecule has 79 heavy (non-hydrogen) atoms. The van der Waals surface area contributed by atoms with E-state index >= 15 is 0 Å². The van der Waals surface area contributed by atoms with Crippen molar-refractivity contribution in [2.75, 3.05) is 27.4 Å². The van der Waals surface area contributed by atoms with Crippen LogP contribution < -0.4 is 0 Å². The molecule has 0 amide bonds. The molecule has 0 saturated heterocycles. The van der Waals surface area contributed by atoms with Gasteiger partial charge in [0, 0.05) is 27.4 Å². The Morgan fingerprint density at radius 3 is 0.456 bits per heavy atom. The van der Waals surface area contributed by atoms with Crippen LogP contribution in [0.3, 0.4) is 0 Å². The van der Waals surface area contributed by atoms with Gasteiger partial charge in [0.2, 0.25) is 0 Å². The van der Waals surface area contributed by atoms with Crippen molar-refractivity contribution in [1.29, 1.82) is 0 Å². The summed E-state index contributed by atoms with van der Waals surface area (Å²) in [5.74, 6) is 0.644. The molecule has 0 bridgehead atoms. The summed E-state index contributed by atoms with van der Waals surface area (Å²) in [5.41, 5.74) is -1.00. The van der Waals surface area contributed by atoms with Gasteiger partial charge in [-0.2, -0.15) is 93.9 Å². The summed E-state index contributed by atoms with van der Waals surface area (Å²) in [6.07, 6.45) is 15.5. The first kappa shape index (κ1) is 154. The number of aromatic hydroxyl groups is 2. The number of aliphatic hydroxyl groups is 8. The van der Waals surface area contributed by atoms with Crippen LogP contribution in [-0.2, 0) is 109 Å². The molecule has 15 heteroatoms. The fourth-order valence-electron chi connectivity index (χ4n) is 0.856. The molecule has 0 aliphatic carbocycles. The van der Waals surface area contributed by atoms with E-state index in [0.717, 1.165) is 65.6 Å². The SMILES string of the molecule is CC(C)(C)O.CC(C)(C)O.CCC(C)O.CCC(C)O.CCO.CCO.CO.CO.C[CH-]C.C[CH-]C.C[CH-]C.C[CH-]C.Oc1ccccc1.Oc1ccccc1.[CH2-]CC.[CH2-]CC.[CH2-]CC.[CH2-]CC.[CH2-]CC.[CH2-]CC.[Ti+2].[Ti+2].[Ti+2].[Ti+2].[Ti+2]. The average molecular weight is 1310 g/mol. The standard InChI is InChI=1S/2C6H6O.4C4H10O.10C3H7.2C2H6O.2CH4O.5Ti/c2*7-6-4-2-1-3-5-6;2*1-4(2,3)5;2*1-3-4(2)5;10*1-3-2;2*1-2-3;2*1-2;;;;;/h2*1-5,7H;2*5H,1-3H3;2*4-5H,3H2,1-2H3;4*3H,1-2H3;6*1,3H2,2H3;2*3H,2H2,1H3;2*2H,1H3;;;;;/q;;;;;;10*-1;;;;;5*+2. The molecule has 0 aliphatic rings. The van der Waals surface area contributed by atoms with E-state index < -0.39 is 11.2 Å². The Kier molecular flexibility index (Phi) is 389. The molecular weight excluding hydrogens is 1170 g/mol. The van der Waals surface area contributed by atoms with Gasteiger partial charge in [-0.3, -0.25) is 0 Å². The van der Waals surface area contributed by atoms with E-state index in [1.165, 1.54) is 0 Å². The molecule has 2 aromatic rings. The molecule has 2 rings (SSSR count). The smallest absolute Gasteiger partial charge is 0.508 e. The third kappa shape index (κ3) is 1040. The minimum Gasteiger partial charge on any atom is -0.508 e. The molecule has 0 fully saturated rings. The summed E-state index contributed by atoms with van der Waals surface area (Å²) < 4.78 is 0. The molecular formula is C64H142O10Ti5. The quantitative estimate of drug-likeness (QED) is 0.102. The van der Waals surface area contributed by atoms with E-state index in [1.54, 1.807) is 118 Å². The van der Waals surface area contributed by atoms with Gasteiger partial charge >= 0.3 is 109 Å². The van der Waals surface area contributed by atoms with Crippen molar-refractivity contribution in [2.24, 2.45) is 0 Å². The van der Waals surface area contributed by atoms with Crippen LogP contribution in [0.4, 0.5) is 0 Å². The van der Waals surface area contributed by atoms with Gasteiger partial charge in [-0.1, -0.05) is 91.8 Å². The predicted molar refractivity (Wildman–Crippen MR) is 342 cm³/mol. The number of aliphatic hydroxyl groups excluding tert-OH is 6. The van der Waals surface area contributed by atoms with Gasteiger partial charge in [-0.05, 0) is 106 Å². The Morgan fingerprint density at radius 1 is 0.367 bits per heavy atom. The van der Waals surface area contributed by atoms with Gasteiger partial charge in [0.1, 0.15) is 11.5 Å². The first-order valence-corrected chi connectivity index (χ1v) is 26.4. The van der Waals surface area contributed by atoms with E-state index in [4.69, 9.17) is 51.1 Å². The van der Waals surface area contributed by atoms with Crippen LogP contribution in [-0.4, -0.2) is 102 Å². The molecule has 10 N–H and O–H groups in total. The van der Waals surface area contributed by atoms with E-state index in [2.05, 4.69) is 41.5 Å². The summed E-state index contributed by atoms with van der Waals surface area (Å²) in [6.45, 7) is 70.8. The van der Waals surface area contributed by atoms with Crippen LogP contribution in [0.2, 0.25) is 0 Å². The minimum atomic E-state index is -0.500. The van der Waals surface area contributed by atoms with Gasteiger partial charge in [-0.25, -0.2) is 0 Å². The predicted octanol–water partition coefficient (Wildman–Crippen LogP) is 17.4. The largest absolute Gasteiger partial charge is 2.00 e. The van der Waals surface area contributed by atoms with E-state index in [1.807, 2.05) is 149 Å². The van der Waals surface area contributed by atoms with Crippen molar-refractivity contribution in [2.45, 2.75) is 255 Å². The Morgan fingerprint density at radius 2 is 0.430 bits per heavy atom. The van der Waals surface area contributed by atoms with E-state index in [-0.39, 0.29) is 134 Å². The molecule has 2 aromatic carbocycles. The van der Waals surface area contributed by atoms with Crippen LogP contribution in [0.15, 0.2) is 60.7 Å². The zero-order chi connectivity index (χ0) is 64.3. The Balaban J connectivity index is -0.0000000201. The summed E-state index contributed by atoms with van der Waals surface area (Å²) in [6, 6.07) is 17.4. The maximum atomic E-state index is 8.63. The molecule has 478 valence electrons. The third-order valence-electron chi connectivity index (χ3n) is 2.69. The number of para-hydroxylation sites is 2. The zero-order valence-corrected chi connectivity index (χ0v) is 65.3. The maximum Gasteiger partial charge on any atom is 2.00 e. The second-order valence-electron chi connectivity index (χ2n) is 15.5. The topological polar surface area (TPSA) is 202 Å². The normalized spacial score (nSPS) is 7.82. The van der Waals surface area contributed by atoms with Crippen molar-refractivity contribution in [1.82, 2.24) is 0 Å². The molecule has 0 heterocycles. The average Bonchev–Trinajstić information content (AvgIpc) is 3.29. The first-order valence-electron chi connectivity index (χ1n) is 26.4. The van der Waals surface area contributed by atoms with Crippen molar-refractivity contribution < 1.29 is 160 Å². The van der Waals surface area contributed by atoms with Gasteiger partial charge < -0.3 is 118 Å². The van der Waals surface area contributed by atoms with Gasteiger partial charge in [-0.15, -0.1) is 0 Å². The zero-order valence-electron chi connectivity index (χ0n) is 57.5. The molecule has 0 radical (unpaired) electrons. The molecule has 2 unspecified atom stereocenters. The minimum absolute atomic E-state index is 0. The number of phenolic OH excluding ortho intramolecular Hbond substituents is 2. The number of phenols is 2. The number of hydrogen-bond acceptors (Lipinski definition) is 10. The van der Waals surface area contributed by atoms with Crippen LogP contribution in [0.25, 0.3) is 0 Å². The number of hydrogen-bond donors (Lipinski definition) is 10. The summed E-state index contributed by atoms with van der Waals surface area (Å²) in [7, 11) is 2.00. The fourth-order valence-corrected chi connectivity index (χ4v) is 0.856. The summed E-state index contributed by atoms with van der Waals surface area (Å²) in [4.78, 5) is 0.